The van der Waals surface area contributed by atoms with Gasteiger partial charge in [0.25, 0.3) is 9.84 Å². The fourth-order valence-corrected chi connectivity index (χ4v) is 7.17. The van der Waals surface area contributed by atoms with E-state index in [4.69, 9.17) is 9.72 Å². The highest BCUT2D eigenvalue weighted by Gasteiger charge is 2.38. The lowest BCUT2D eigenvalue weighted by Gasteiger charge is -2.32. The molecule has 1 fully saturated rings. The van der Waals surface area contributed by atoms with Crippen LogP contribution in [0.3, 0.4) is 0 Å². The Morgan fingerprint density at radius 1 is 1.08 bits per heavy atom. The first-order valence-electron chi connectivity index (χ1n) is 14.9. The maximum absolute atomic E-state index is 13.2. The van der Waals surface area contributed by atoms with Crippen LogP contribution < -0.4 is 19.9 Å². The van der Waals surface area contributed by atoms with Gasteiger partial charge in [0, 0.05) is 37.2 Å². The van der Waals surface area contributed by atoms with Crippen molar-refractivity contribution in [1.82, 2.24) is 15.1 Å². The molecule has 2 aromatic heterocycles. The van der Waals surface area contributed by atoms with Gasteiger partial charge < -0.3 is 20.2 Å². The van der Waals surface area contributed by atoms with Crippen LogP contribution in [0, 0.1) is 23.5 Å². The Hall–Kier alpha value is -5.46. The van der Waals surface area contributed by atoms with Crippen LogP contribution in [0.1, 0.15) is 24.0 Å². The highest BCUT2D eigenvalue weighted by molar-refractivity contribution is 7.99. The van der Waals surface area contributed by atoms with E-state index in [9.17, 15) is 23.7 Å². The molecule has 1 saturated heterocycles. The first-order chi connectivity index (χ1) is 23.2. The Labute approximate surface area is 280 Å². The molecule has 0 aliphatic carbocycles. The minimum Gasteiger partial charge on any atom is -0.451 e. The van der Waals surface area contributed by atoms with Gasteiger partial charge in [-0.2, -0.15) is 5.26 Å². The molecule has 0 saturated carbocycles. The third-order valence-electron chi connectivity index (χ3n) is 7.54. The predicted molar refractivity (Wildman–Crippen MR) is 176 cm³/mol. The number of benzene rings is 3. The fraction of sp³-hybridized carbons (Fsp3) is 0.212. The highest BCUT2D eigenvalue weighted by Crippen LogP contribution is 2.33. The average molecular weight is 684 g/mol. The van der Waals surface area contributed by atoms with Crippen LogP contribution in [-0.2, 0) is 14.6 Å². The summed E-state index contributed by atoms with van der Waals surface area (Å²) in [7, 11) is -4.26. The number of nitrogens with one attached hydrogen (secondary N) is 1. The van der Waals surface area contributed by atoms with Crippen molar-refractivity contribution in [3.05, 3.63) is 101 Å². The van der Waals surface area contributed by atoms with Crippen molar-refractivity contribution in [2.24, 2.45) is 0 Å². The number of ether oxygens (including phenoxy) is 1. The Balaban J connectivity index is 1.21. The number of anilines is 2. The molecule has 3 heterocycles. The minimum atomic E-state index is -4.26. The number of rotatable bonds is 10. The Morgan fingerprint density at radius 3 is 2.48 bits per heavy atom. The number of amides is 1. The lowest BCUT2D eigenvalue weighted by molar-refractivity contribution is -0.832. The zero-order valence-corrected chi connectivity index (χ0v) is 27.3. The molecule has 15 heteroatoms. The molecule has 5 aromatic rings. The van der Waals surface area contributed by atoms with Crippen LogP contribution in [0.5, 0.6) is 5.88 Å². The number of carbonyl (C=O) groups excluding carboxylic acids is 1. The van der Waals surface area contributed by atoms with Crippen molar-refractivity contribution in [1.29, 1.82) is 5.26 Å². The zero-order valence-electron chi connectivity index (χ0n) is 25.6. The molecule has 0 bridgehead atoms. The van der Waals surface area contributed by atoms with Gasteiger partial charge in [-0.1, -0.05) is 72.4 Å². The van der Waals surface area contributed by atoms with E-state index in [-0.39, 0.29) is 27.0 Å². The normalized spacial score (nSPS) is 13.5. The summed E-state index contributed by atoms with van der Waals surface area (Å²) < 4.78 is 36.9. The summed E-state index contributed by atoms with van der Waals surface area (Å²) in [6.45, 7) is 2.72. The average Bonchev–Trinajstić information content (AvgIpc) is 3.48. The molecule has 0 unspecified atom stereocenters. The molecular weight excluding hydrogens is 655 g/mol. The summed E-state index contributed by atoms with van der Waals surface area (Å²) in [5.41, 5.74) is 3.18. The third kappa shape index (κ3) is 7.09. The summed E-state index contributed by atoms with van der Waals surface area (Å²) in [6.07, 6.45) is 0.289. The molecule has 1 aliphatic heterocycles. The third-order valence-corrected chi connectivity index (χ3v) is 10.1. The number of hydrogen-bond donors (Lipinski definition) is 1. The van der Waals surface area contributed by atoms with Crippen LogP contribution in [0.15, 0.2) is 105 Å². The summed E-state index contributed by atoms with van der Waals surface area (Å²) in [4.78, 5) is 23.9. The second-order valence-corrected chi connectivity index (χ2v) is 13.7. The summed E-state index contributed by atoms with van der Waals surface area (Å²) in [5, 5.41) is 28.7. The first kappa shape index (κ1) is 32.5. The number of aromatic nitrogens is 4. The van der Waals surface area contributed by atoms with E-state index in [1.807, 2.05) is 66.4 Å². The standard InChI is InChI=1S/C33H29N7O6S2/c1-22-9-8-12-24(19-22)35-28(41)21-47-33-36-29(23-10-4-2-5-11-23)27(20-34)30(37-33)39-17-15-25(16-18-39)45-31-32(40(42)46-38-31)48(43,44)26-13-6-3-7-14-26/h2-14,19,25H,15-18,21H2,1H3,(H,35,41). The Kier molecular flexibility index (Phi) is 9.55. The van der Waals surface area contributed by atoms with Gasteiger partial charge in [-0.25, -0.2) is 18.4 Å². The lowest BCUT2D eigenvalue weighted by atomic mass is 10.0. The summed E-state index contributed by atoms with van der Waals surface area (Å²) in [5.74, 6) is -0.173. The van der Waals surface area contributed by atoms with Gasteiger partial charge >= 0.3 is 10.9 Å². The second kappa shape index (κ2) is 14.1. The molecule has 1 aliphatic rings. The van der Waals surface area contributed by atoms with Crippen LogP contribution in [0.4, 0.5) is 11.5 Å². The Bertz CT molecular complexity index is 2080. The molecule has 6 rings (SSSR count). The van der Waals surface area contributed by atoms with E-state index in [2.05, 4.69) is 26.2 Å². The number of sulfone groups is 1. The number of hydrogen-bond acceptors (Lipinski definition) is 12. The van der Waals surface area contributed by atoms with E-state index in [0.717, 1.165) is 22.9 Å². The maximum atomic E-state index is 13.2. The lowest BCUT2D eigenvalue weighted by Crippen LogP contribution is -2.39. The van der Waals surface area contributed by atoms with Crippen LogP contribution in [0.2, 0.25) is 0 Å². The number of aryl methyl sites for hydroxylation is 1. The number of carbonyl (C=O) groups is 1. The first-order valence-corrected chi connectivity index (χ1v) is 17.4. The monoisotopic (exact) mass is 683 g/mol. The quantitative estimate of drug-likeness (QED) is 0.123. The molecular formula is C33H29N7O6S2. The number of nitrogens with zero attached hydrogens (tertiary/aromatic N) is 6. The van der Waals surface area contributed by atoms with Crippen LogP contribution in [0.25, 0.3) is 11.3 Å². The van der Waals surface area contributed by atoms with Crippen molar-refractivity contribution < 1.29 is 27.5 Å². The molecule has 13 nitrogen and oxygen atoms in total. The molecule has 1 amide bonds. The smallest absolute Gasteiger partial charge is 0.415 e. The van der Waals surface area contributed by atoms with Gasteiger partial charge in [0.1, 0.15) is 17.7 Å². The van der Waals surface area contributed by atoms with Crippen molar-refractivity contribution in [3.63, 3.8) is 0 Å². The van der Waals surface area contributed by atoms with Gasteiger partial charge in [-0.15, -0.1) is 0 Å². The van der Waals surface area contributed by atoms with Gasteiger partial charge in [-0.3, -0.25) is 9.42 Å². The van der Waals surface area contributed by atoms with Gasteiger partial charge in [0.05, 0.1) is 21.5 Å². The van der Waals surface area contributed by atoms with Crippen molar-refractivity contribution in [2.45, 2.75) is 40.9 Å². The molecule has 1 N–H and O–H groups in total. The fourth-order valence-electron chi connectivity index (χ4n) is 5.25. The van der Waals surface area contributed by atoms with E-state index in [1.54, 1.807) is 18.2 Å². The van der Waals surface area contributed by atoms with E-state index in [0.29, 0.717) is 48.3 Å². The SMILES string of the molecule is Cc1cccc(NC(=O)CSc2nc(-c3ccccc3)c(C#N)c(N3CCC(Oc4no[n+]([O-])c4S(=O)(=O)c4ccccc4)CC3)n2)c1. The largest absolute Gasteiger partial charge is 0.451 e. The van der Waals surface area contributed by atoms with Crippen molar-refractivity contribution >= 4 is 39.0 Å². The summed E-state index contributed by atoms with van der Waals surface area (Å²) >= 11 is 1.16. The van der Waals surface area contributed by atoms with Crippen molar-refractivity contribution in [2.75, 3.05) is 29.1 Å². The molecule has 0 atom stereocenters. The molecule has 3 aromatic carbocycles. The number of thioether (sulfide) groups is 1. The molecule has 48 heavy (non-hydrogen) atoms. The van der Waals surface area contributed by atoms with Crippen LogP contribution in [-0.4, -0.2) is 54.4 Å². The van der Waals surface area contributed by atoms with Gasteiger partial charge in [-0.05, 0) is 41.7 Å². The van der Waals surface area contributed by atoms with Crippen molar-refractivity contribution in [3.8, 4) is 23.2 Å². The highest BCUT2D eigenvalue weighted by atomic mass is 32.2. The number of piperidine rings is 1. The van der Waals surface area contributed by atoms with Gasteiger partial charge in [0.2, 0.25) is 5.91 Å². The van der Waals surface area contributed by atoms with E-state index < -0.39 is 26.8 Å². The predicted octanol–water partition coefficient (Wildman–Crippen LogP) is 4.56. The van der Waals surface area contributed by atoms with E-state index >= 15 is 0 Å². The summed E-state index contributed by atoms with van der Waals surface area (Å²) in [6, 6.07) is 26.5. The molecule has 0 radical (unpaired) electrons. The molecule has 0 spiro atoms. The minimum absolute atomic E-state index is 0.0507. The Morgan fingerprint density at radius 2 is 1.79 bits per heavy atom. The maximum Gasteiger partial charge on any atom is 0.415 e. The zero-order chi connectivity index (χ0) is 33.7. The van der Waals surface area contributed by atoms with E-state index in [1.165, 1.54) is 12.1 Å². The van der Waals surface area contributed by atoms with Crippen LogP contribution >= 0.6 is 11.8 Å². The van der Waals surface area contributed by atoms with Gasteiger partial charge in [0.15, 0.2) is 11.0 Å². The molecule has 244 valence electrons. The second-order valence-electron chi connectivity index (χ2n) is 10.9. The topological polar surface area (TPSA) is 178 Å². The number of nitriles is 1.